The van der Waals surface area contributed by atoms with E-state index in [9.17, 15) is 14.7 Å². The monoisotopic (exact) mass is 459 g/mol. The Morgan fingerprint density at radius 3 is 2.71 bits per heavy atom. The molecule has 0 aliphatic carbocycles. The first-order chi connectivity index (χ1) is 9.86. The van der Waals surface area contributed by atoms with Crippen LogP contribution in [0.15, 0.2) is 12.1 Å². The Bertz CT molecular complexity index is 599. The Hall–Kier alpha value is -0.180. The molecule has 1 amide bonds. The van der Waals surface area contributed by atoms with Gasteiger partial charge in [-0.25, -0.2) is 4.79 Å². The number of amides is 1. The number of hydrogen-bond donors (Lipinski definition) is 1. The van der Waals surface area contributed by atoms with E-state index in [1.54, 1.807) is 6.07 Å². The summed E-state index contributed by atoms with van der Waals surface area (Å²) in [6.07, 6.45) is 0.686. The van der Waals surface area contributed by atoms with E-state index >= 15 is 0 Å². The third-order valence-corrected chi connectivity index (χ3v) is 6.64. The Labute approximate surface area is 150 Å². The molecule has 0 spiro atoms. The van der Waals surface area contributed by atoms with E-state index in [2.05, 4.69) is 0 Å². The van der Waals surface area contributed by atoms with Gasteiger partial charge in [0, 0.05) is 14.3 Å². The van der Waals surface area contributed by atoms with Gasteiger partial charge < -0.3 is 10.0 Å². The normalized spacial score (nSPS) is 21.6. The van der Waals surface area contributed by atoms with Crippen LogP contribution in [0, 0.1) is 3.57 Å². The fraction of sp³-hybridized carbons (Fsp3) is 0.385. The summed E-state index contributed by atoms with van der Waals surface area (Å²) in [4.78, 5) is 25.6. The van der Waals surface area contributed by atoms with Crippen LogP contribution in [0.4, 0.5) is 0 Å². The number of benzene rings is 1. The molecule has 1 heterocycles. The smallest absolute Gasteiger partial charge is 0.327 e. The first-order valence-electron chi connectivity index (χ1n) is 6.18. The van der Waals surface area contributed by atoms with Crippen LogP contribution in [0.3, 0.4) is 0 Å². The van der Waals surface area contributed by atoms with Crippen LogP contribution in [-0.4, -0.2) is 39.1 Å². The van der Waals surface area contributed by atoms with Crippen LogP contribution in [0.25, 0.3) is 0 Å². The molecule has 0 aromatic heterocycles. The number of carboxylic acids is 1. The molecule has 1 saturated heterocycles. The quantitative estimate of drug-likeness (QED) is 0.548. The lowest BCUT2D eigenvalue weighted by Gasteiger charge is -2.27. The molecule has 21 heavy (non-hydrogen) atoms. The highest BCUT2D eigenvalue weighted by molar-refractivity contribution is 14.1. The van der Waals surface area contributed by atoms with Gasteiger partial charge in [0.25, 0.3) is 5.91 Å². The summed E-state index contributed by atoms with van der Waals surface area (Å²) in [6, 6.07) is 2.28. The second-order valence-electron chi connectivity index (χ2n) is 4.51. The molecule has 1 aromatic carbocycles. The SMILES string of the molecule is CCC1SCC(C(=O)O)N1C(=O)c1cc(Cl)cc(Cl)c1I. The largest absolute Gasteiger partial charge is 0.480 e. The van der Waals surface area contributed by atoms with E-state index in [1.807, 2.05) is 29.5 Å². The number of carboxylic acid groups (broad SMARTS) is 1. The fourth-order valence-electron chi connectivity index (χ4n) is 2.19. The van der Waals surface area contributed by atoms with Crippen molar-refractivity contribution in [2.45, 2.75) is 24.8 Å². The van der Waals surface area contributed by atoms with Crippen molar-refractivity contribution in [3.8, 4) is 0 Å². The van der Waals surface area contributed by atoms with Gasteiger partial charge in [-0.1, -0.05) is 30.1 Å². The standard InChI is InChI=1S/C13H12Cl2INO3S/c1-2-10-17(9(5-21-10)13(19)20)12(18)7-3-6(14)4-8(15)11(7)16/h3-4,9-10H,2,5H2,1H3,(H,19,20). The molecule has 1 aliphatic heterocycles. The lowest BCUT2D eigenvalue weighted by molar-refractivity contribution is -0.141. The number of carbonyl (C=O) groups excluding carboxylic acids is 1. The summed E-state index contributed by atoms with van der Waals surface area (Å²) in [5.74, 6) is -0.937. The van der Waals surface area contributed by atoms with Crippen molar-refractivity contribution in [1.29, 1.82) is 0 Å². The average Bonchev–Trinajstić information content (AvgIpc) is 2.86. The lowest BCUT2D eigenvalue weighted by atomic mass is 10.1. The minimum atomic E-state index is -0.991. The molecule has 1 aliphatic rings. The fourth-order valence-corrected chi connectivity index (χ4v) is 4.57. The van der Waals surface area contributed by atoms with Gasteiger partial charge in [-0.15, -0.1) is 11.8 Å². The number of halogens is 3. The van der Waals surface area contributed by atoms with Crippen molar-refractivity contribution in [3.05, 3.63) is 31.3 Å². The third kappa shape index (κ3) is 3.43. The van der Waals surface area contributed by atoms with Gasteiger partial charge in [0.05, 0.1) is 16.0 Å². The van der Waals surface area contributed by atoms with Gasteiger partial charge in [-0.2, -0.15) is 0 Å². The highest BCUT2D eigenvalue weighted by Gasteiger charge is 2.41. The summed E-state index contributed by atoms with van der Waals surface area (Å²) in [5.41, 5.74) is 0.348. The summed E-state index contributed by atoms with van der Waals surface area (Å²) in [5, 5.41) is 9.91. The molecule has 0 bridgehead atoms. The number of hydrogen-bond acceptors (Lipinski definition) is 3. The summed E-state index contributed by atoms with van der Waals surface area (Å²) in [7, 11) is 0. The second kappa shape index (κ2) is 6.93. The number of carbonyl (C=O) groups is 2. The number of nitrogens with zero attached hydrogens (tertiary/aromatic N) is 1. The zero-order chi connectivity index (χ0) is 15.7. The molecule has 0 saturated carbocycles. The summed E-state index contributed by atoms with van der Waals surface area (Å²) in [6.45, 7) is 1.93. The first-order valence-corrected chi connectivity index (χ1v) is 9.06. The van der Waals surface area contributed by atoms with Crippen LogP contribution in [0.2, 0.25) is 10.0 Å². The molecule has 2 rings (SSSR count). The van der Waals surface area contributed by atoms with Crippen molar-refractivity contribution in [1.82, 2.24) is 4.90 Å². The maximum atomic E-state index is 12.8. The minimum absolute atomic E-state index is 0.146. The van der Waals surface area contributed by atoms with E-state index in [-0.39, 0.29) is 11.3 Å². The molecule has 1 N–H and O–H groups in total. The van der Waals surface area contributed by atoms with E-state index in [1.165, 1.54) is 22.7 Å². The van der Waals surface area contributed by atoms with Crippen molar-refractivity contribution in [2.75, 3.05) is 5.75 Å². The molecule has 0 radical (unpaired) electrons. The summed E-state index contributed by atoms with van der Waals surface area (Å²) >= 11 is 15.5. The molecule has 114 valence electrons. The van der Waals surface area contributed by atoms with E-state index in [0.29, 0.717) is 31.4 Å². The Morgan fingerprint density at radius 2 is 2.14 bits per heavy atom. The van der Waals surface area contributed by atoms with Crippen LogP contribution in [0.5, 0.6) is 0 Å². The van der Waals surface area contributed by atoms with Gasteiger partial charge in [-0.3, -0.25) is 4.79 Å². The van der Waals surface area contributed by atoms with Crippen molar-refractivity contribution in [3.63, 3.8) is 0 Å². The van der Waals surface area contributed by atoms with Crippen LogP contribution in [0.1, 0.15) is 23.7 Å². The zero-order valence-corrected chi connectivity index (χ0v) is 15.5. The molecular weight excluding hydrogens is 448 g/mol. The maximum Gasteiger partial charge on any atom is 0.327 e. The number of rotatable bonds is 3. The molecule has 1 aromatic rings. The highest BCUT2D eigenvalue weighted by Crippen LogP contribution is 2.35. The molecular formula is C13H12Cl2INO3S. The highest BCUT2D eigenvalue weighted by atomic mass is 127. The van der Waals surface area contributed by atoms with E-state index in [0.717, 1.165) is 0 Å². The topological polar surface area (TPSA) is 57.6 Å². The summed E-state index contributed by atoms with van der Waals surface area (Å²) < 4.78 is 0.583. The second-order valence-corrected chi connectivity index (χ2v) is 7.65. The van der Waals surface area contributed by atoms with Gasteiger partial charge in [-0.05, 0) is 41.1 Å². The Morgan fingerprint density at radius 1 is 1.48 bits per heavy atom. The minimum Gasteiger partial charge on any atom is -0.480 e. The van der Waals surface area contributed by atoms with Crippen LogP contribution >= 0.6 is 57.6 Å². The zero-order valence-electron chi connectivity index (χ0n) is 11.0. The molecule has 2 atom stereocenters. The predicted molar refractivity (Wildman–Crippen MR) is 93.3 cm³/mol. The molecule has 2 unspecified atom stereocenters. The van der Waals surface area contributed by atoms with Gasteiger partial charge in [0.2, 0.25) is 0 Å². The van der Waals surface area contributed by atoms with Crippen LogP contribution < -0.4 is 0 Å². The lowest BCUT2D eigenvalue weighted by Crippen LogP contribution is -2.45. The van der Waals surface area contributed by atoms with Crippen LogP contribution in [-0.2, 0) is 4.79 Å². The maximum absolute atomic E-state index is 12.8. The third-order valence-electron chi connectivity index (χ3n) is 3.18. The van der Waals surface area contributed by atoms with Gasteiger partial charge in [0.15, 0.2) is 0 Å². The van der Waals surface area contributed by atoms with E-state index < -0.39 is 12.0 Å². The van der Waals surface area contributed by atoms with E-state index in [4.69, 9.17) is 23.2 Å². The predicted octanol–water partition coefficient (Wildman–Crippen LogP) is 3.98. The molecule has 1 fully saturated rings. The Kier molecular flexibility index (Phi) is 5.67. The molecule has 4 nitrogen and oxygen atoms in total. The number of aliphatic carboxylic acids is 1. The number of thioether (sulfide) groups is 1. The Balaban J connectivity index is 2.44. The average molecular weight is 460 g/mol. The van der Waals surface area contributed by atoms with Gasteiger partial charge in [0.1, 0.15) is 6.04 Å². The molecule has 8 heteroatoms. The van der Waals surface area contributed by atoms with Gasteiger partial charge >= 0.3 is 5.97 Å². The van der Waals surface area contributed by atoms with Crippen molar-refractivity contribution >= 4 is 69.4 Å². The van der Waals surface area contributed by atoms with Crippen molar-refractivity contribution < 1.29 is 14.7 Å². The first kappa shape index (κ1) is 17.2. The van der Waals surface area contributed by atoms with Crippen molar-refractivity contribution in [2.24, 2.45) is 0 Å².